The molecule has 2 aliphatic carbocycles. The Morgan fingerprint density at radius 2 is 1.80 bits per heavy atom. The summed E-state index contributed by atoms with van der Waals surface area (Å²) < 4.78 is 4.97. The van der Waals surface area contributed by atoms with Crippen LogP contribution in [0.25, 0.3) is 0 Å². The highest BCUT2D eigenvalue weighted by Gasteiger charge is 2.19. The smallest absolute Gasteiger partial charge is 0.321 e. The standard InChI is InChI=1S/C19H24N2O4/c22-17(21-19(24)20-16-6-1-2-7-16)12-25-18(23)11-13-8-9-14-4-3-5-15(14)10-13/h8-10,16H,1-7,11-12H2,(H2,20,21,22,24). The Morgan fingerprint density at radius 1 is 1.04 bits per heavy atom. The van der Waals surface area contributed by atoms with Crippen molar-refractivity contribution in [3.63, 3.8) is 0 Å². The fourth-order valence-corrected chi connectivity index (χ4v) is 3.55. The number of urea groups is 1. The monoisotopic (exact) mass is 344 g/mol. The molecule has 1 fully saturated rings. The summed E-state index contributed by atoms with van der Waals surface area (Å²) in [7, 11) is 0. The van der Waals surface area contributed by atoms with E-state index in [9.17, 15) is 14.4 Å². The lowest BCUT2D eigenvalue weighted by molar-refractivity contribution is -0.147. The fraction of sp³-hybridized carbons (Fsp3) is 0.526. The molecule has 6 heteroatoms. The molecular formula is C19H24N2O4. The number of hydrogen-bond donors (Lipinski definition) is 2. The van der Waals surface area contributed by atoms with Gasteiger partial charge in [-0.3, -0.25) is 14.9 Å². The van der Waals surface area contributed by atoms with Gasteiger partial charge >= 0.3 is 12.0 Å². The third-order valence-corrected chi connectivity index (χ3v) is 4.82. The van der Waals surface area contributed by atoms with Crippen LogP contribution >= 0.6 is 0 Å². The Hall–Kier alpha value is -2.37. The SMILES string of the molecule is O=C(COC(=O)Cc1ccc2c(c1)CCC2)NC(=O)NC1CCCC1. The van der Waals surface area contributed by atoms with Crippen LogP contribution in [0.2, 0.25) is 0 Å². The zero-order valence-corrected chi connectivity index (χ0v) is 14.3. The largest absolute Gasteiger partial charge is 0.455 e. The van der Waals surface area contributed by atoms with Crippen LogP contribution in [0, 0.1) is 0 Å². The van der Waals surface area contributed by atoms with Gasteiger partial charge in [0.15, 0.2) is 6.61 Å². The van der Waals surface area contributed by atoms with Crippen molar-refractivity contribution >= 4 is 17.9 Å². The van der Waals surface area contributed by atoms with Crippen LogP contribution in [-0.4, -0.2) is 30.6 Å². The lowest BCUT2D eigenvalue weighted by Gasteiger charge is -2.12. The van der Waals surface area contributed by atoms with Gasteiger partial charge in [0.1, 0.15) is 0 Å². The minimum atomic E-state index is -0.613. The number of nitrogens with one attached hydrogen (secondary N) is 2. The van der Waals surface area contributed by atoms with Gasteiger partial charge in [0.05, 0.1) is 6.42 Å². The summed E-state index contributed by atoms with van der Waals surface area (Å²) in [6.45, 7) is -0.443. The molecule has 6 nitrogen and oxygen atoms in total. The molecule has 0 aromatic heterocycles. The van der Waals surface area contributed by atoms with E-state index < -0.39 is 24.5 Å². The molecule has 0 heterocycles. The molecule has 1 saturated carbocycles. The van der Waals surface area contributed by atoms with E-state index in [4.69, 9.17) is 4.74 Å². The predicted molar refractivity (Wildman–Crippen MR) is 92.1 cm³/mol. The minimum Gasteiger partial charge on any atom is -0.455 e. The van der Waals surface area contributed by atoms with E-state index in [0.29, 0.717) is 0 Å². The Morgan fingerprint density at radius 3 is 2.60 bits per heavy atom. The van der Waals surface area contributed by atoms with Crippen molar-refractivity contribution in [2.75, 3.05) is 6.61 Å². The van der Waals surface area contributed by atoms with E-state index in [2.05, 4.69) is 16.7 Å². The number of esters is 1. The van der Waals surface area contributed by atoms with Crippen molar-refractivity contribution in [1.29, 1.82) is 0 Å². The summed E-state index contributed by atoms with van der Waals surface area (Å²) >= 11 is 0. The van der Waals surface area contributed by atoms with Crippen molar-refractivity contribution in [2.24, 2.45) is 0 Å². The summed E-state index contributed by atoms with van der Waals surface area (Å²) in [5.41, 5.74) is 3.54. The van der Waals surface area contributed by atoms with Crippen LogP contribution in [0.1, 0.15) is 48.8 Å². The number of ether oxygens (including phenoxy) is 1. The first kappa shape index (κ1) is 17.5. The average molecular weight is 344 g/mol. The minimum absolute atomic E-state index is 0.134. The second kappa shape index (κ2) is 8.14. The Kier molecular flexibility index (Phi) is 5.68. The number of benzene rings is 1. The second-order valence-electron chi connectivity index (χ2n) is 6.80. The van der Waals surface area contributed by atoms with Crippen molar-refractivity contribution < 1.29 is 19.1 Å². The number of hydrogen-bond acceptors (Lipinski definition) is 4. The number of imide groups is 1. The second-order valence-corrected chi connectivity index (χ2v) is 6.80. The molecule has 0 bridgehead atoms. The molecule has 134 valence electrons. The molecule has 0 radical (unpaired) electrons. The van der Waals surface area contributed by atoms with E-state index in [-0.39, 0.29) is 12.5 Å². The van der Waals surface area contributed by atoms with Crippen LogP contribution in [0.4, 0.5) is 4.79 Å². The van der Waals surface area contributed by atoms with Gasteiger partial charge in [-0.25, -0.2) is 4.79 Å². The van der Waals surface area contributed by atoms with Gasteiger partial charge < -0.3 is 10.1 Å². The quantitative estimate of drug-likeness (QED) is 0.801. The predicted octanol–water partition coefficient (Wildman–Crippen LogP) is 2.03. The van der Waals surface area contributed by atoms with Crippen LogP contribution < -0.4 is 10.6 Å². The van der Waals surface area contributed by atoms with E-state index in [0.717, 1.165) is 50.5 Å². The van der Waals surface area contributed by atoms with E-state index >= 15 is 0 Å². The lowest BCUT2D eigenvalue weighted by atomic mass is 10.0. The van der Waals surface area contributed by atoms with Gasteiger partial charge in [0.2, 0.25) is 0 Å². The molecule has 25 heavy (non-hydrogen) atoms. The van der Waals surface area contributed by atoms with Gasteiger partial charge in [0.25, 0.3) is 5.91 Å². The number of fused-ring (bicyclic) bond motifs is 1. The van der Waals surface area contributed by atoms with Crippen LogP contribution in [-0.2, 0) is 33.6 Å². The Labute approximate surface area is 147 Å². The molecule has 0 saturated heterocycles. The maximum absolute atomic E-state index is 11.9. The van der Waals surface area contributed by atoms with E-state index in [1.54, 1.807) is 0 Å². The molecule has 0 spiro atoms. The number of amides is 3. The summed E-state index contributed by atoms with van der Waals surface area (Å²) in [6, 6.07) is 5.64. The number of carbonyl (C=O) groups excluding carboxylic acids is 3. The maximum Gasteiger partial charge on any atom is 0.321 e. The zero-order valence-electron chi connectivity index (χ0n) is 14.3. The maximum atomic E-state index is 11.9. The van der Waals surface area contributed by atoms with Crippen molar-refractivity contribution in [3.8, 4) is 0 Å². The van der Waals surface area contributed by atoms with E-state index in [1.165, 1.54) is 11.1 Å². The lowest BCUT2D eigenvalue weighted by Crippen LogP contribution is -2.45. The number of carbonyl (C=O) groups is 3. The van der Waals surface area contributed by atoms with Crippen molar-refractivity contribution in [3.05, 3.63) is 34.9 Å². The number of aryl methyl sites for hydroxylation is 2. The molecule has 2 aliphatic rings. The molecule has 0 unspecified atom stereocenters. The Balaban J connectivity index is 1.38. The van der Waals surface area contributed by atoms with Gasteiger partial charge in [-0.2, -0.15) is 0 Å². The molecular weight excluding hydrogens is 320 g/mol. The molecule has 1 aromatic rings. The third-order valence-electron chi connectivity index (χ3n) is 4.82. The van der Waals surface area contributed by atoms with Gasteiger partial charge in [-0.15, -0.1) is 0 Å². The third kappa shape index (κ3) is 5.05. The van der Waals surface area contributed by atoms with Crippen LogP contribution in [0.3, 0.4) is 0 Å². The fourth-order valence-electron chi connectivity index (χ4n) is 3.55. The van der Waals surface area contributed by atoms with Gasteiger partial charge in [-0.05, 0) is 48.8 Å². The summed E-state index contributed by atoms with van der Waals surface area (Å²) in [5.74, 6) is -1.08. The molecule has 3 amide bonds. The van der Waals surface area contributed by atoms with Gasteiger partial charge in [-0.1, -0.05) is 31.0 Å². The molecule has 0 atom stereocenters. The zero-order chi connectivity index (χ0) is 17.6. The highest BCUT2D eigenvalue weighted by atomic mass is 16.5. The highest BCUT2D eigenvalue weighted by Crippen LogP contribution is 2.23. The molecule has 2 N–H and O–H groups in total. The average Bonchev–Trinajstić information content (AvgIpc) is 3.23. The first-order chi connectivity index (χ1) is 12.1. The van der Waals surface area contributed by atoms with Crippen LogP contribution in [0.5, 0.6) is 0 Å². The molecule has 0 aliphatic heterocycles. The van der Waals surface area contributed by atoms with Crippen molar-refractivity contribution in [2.45, 2.75) is 57.4 Å². The van der Waals surface area contributed by atoms with Gasteiger partial charge in [0, 0.05) is 6.04 Å². The number of rotatable bonds is 5. The molecule has 3 rings (SSSR count). The molecule has 1 aromatic carbocycles. The summed E-state index contributed by atoms with van der Waals surface area (Å²) in [6.07, 6.45) is 7.52. The first-order valence-corrected chi connectivity index (χ1v) is 8.97. The summed E-state index contributed by atoms with van der Waals surface area (Å²) in [5, 5.41) is 4.94. The topological polar surface area (TPSA) is 84.5 Å². The van der Waals surface area contributed by atoms with Crippen LogP contribution in [0.15, 0.2) is 18.2 Å². The normalized spacial score (nSPS) is 16.3. The Bertz CT molecular complexity index is 665. The van der Waals surface area contributed by atoms with Crippen molar-refractivity contribution in [1.82, 2.24) is 10.6 Å². The van der Waals surface area contributed by atoms with E-state index in [1.807, 2.05) is 12.1 Å². The first-order valence-electron chi connectivity index (χ1n) is 8.97. The highest BCUT2D eigenvalue weighted by molar-refractivity contribution is 5.95. The summed E-state index contributed by atoms with van der Waals surface area (Å²) in [4.78, 5) is 35.2.